The Morgan fingerprint density at radius 1 is 1.22 bits per heavy atom. The Morgan fingerprint density at radius 3 is 2.70 bits per heavy atom. The normalized spacial score (nSPS) is 11.0. The molecule has 0 amide bonds. The van der Waals surface area contributed by atoms with E-state index >= 15 is 0 Å². The summed E-state index contributed by atoms with van der Waals surface area (Å²) in [7, 11) is 3.43. The van der Waals surface area contributed by atoms with Gasteiger partial charge in [0.1, 0.15) is 0 Å². The van der Waals surface area contributed by atoms with Crippen molar-refractivity contribution >= 4 is 29.9 Å². The van der Waals surface area contributed by atoms with Gasteiger partial charge in [-0.25, -0.2) is 0 Å². The lowest BCUT2D eigenvalue weighted by molar-refractivity contribution is 0.203. The summed E-state index contributed by atoms with van der Waals surface area (Å²) >= 11 is 0. The van der Waals surface area contributed by atoms with Gasteiger partial charge in [-0.15, -0.1) is 24.0 Å². The molecular formula is C16H24IN5O. The first-order chi connectivity index (χ1) is 10.8. The highest BCUT2D eigenvalue weighted by atomic mass is 127. The summed E-state index contributed by atoms with van der Waals surface area (Å²) in [5, 5.41) is 10.8. The maximum atomic E-state index is 5.00. The summed E-state index contributed by atoms with van der Waals surface area (Å²) in [6.45, 7) is 2.84. The Balaban J connectivity index is 0.00000264. The number of nitrogens with one attached hydrogen (secondary N) is 2. The number of hydrogen-bond donors (Lipinski definition) is 2. The van der Waals surface area contributed by atoms with Crippen molar-refractivity contribution < 1.29 is 4.74 Å². The number of aromatic nitrogens is 2. The van der Waals surface area contributed by atoms with Gasteiger partial charge in [0.2, 0.25) is 0 Å². The first-order valence-corrected chi connectivity index (χ1v) is 7.30. The van der Waals surface area contributed by atoms with Gasteiger partial charge in [0.05, 0.1) is 19.3 Å². The molecule has 0 atom stereocenters. The highest BCUT2D eigenvalue weighted by molar-refractivity contribution is 14.0. The third-order valence-electron chi connectivity index (χ3n) is 3.16. The van der Waals surface area contributed by atoms with E-state index in [9.17, 15) is 0 Å². The smallest absolute Gasteiger partial charge is 0.191 e. The van der Waals surface area contributed by atoms with Crippen LogP contribution in [-0.2, 0) is 17.8 Å². The fourth-order valence-electron chi connectivity index (χ4n) is 2.03. The molecule has 0 radical (unpaired) electrons. The molecule has 2 rings (SSSR count). The van der Waals surface area contributed by atoms with Crippen LogP contribution in [-0.4, -0.2) is 43.0 Å². The lowest BCUT2D eigenvalue weighted by Crippen LogP contribution is -2.38. The van der Waals surface area contributed by atoms with Gasteiger partial charge >= 0.3 is 0 Å². The molecule has 7 heteroatoms. The highest BCUT2D eigenvalue weighted by Gasteiger charge is 2.01. The van der Waals surface area contributed by atoms with E-state index in [0.29, 0.717) is 13.2 Å². The van der Waals surface area contributed by atoms with E-state index in [1.54, 1.807) is 14.2 Å². The summed E-state index contributed by atoms with van der Waals surface area (Å²) < 4.78 is 6.94. The number of rotatable bonds is 7. The maximum Gasteiger partial charge on any atom is 0.191 e. The van der Waals surface area contributed by atoms with Gasteiger partial charge in [-0.1, -0.05) is 30.3 Å². The summed E-state index contributed by atoms with van der Waals surface area (Å²) in [6, 6.07) is 10.3. The molecule has 1 aromatic heterocycles. The van der Waals surface area contributed by atoms with Crippen LogP contribution >= 0.6 is 24.0 Å². The van der Waals surface area contributed by atoms with Crippen molar-refractivity contribution in [1.29, 1.82) is 0 Å². The van der Waals surface area contributed by atoms with Crippen LogP contribution in [0.15, 0.2) is 47.7 Å². The Hall–Kier alpha value is -1.61. The predicted octanol–water partition coefficient (Wildman–Crippen LogP) is 1.86. The molecule has 23 heavy (non-hydrogen) atoms. The molecule has 0 bridgehead atoms. The average molecular weight is 429 g/mol. The second kappa shape index (κ2) is 11.0. The third kappa shape index (κ3) is 7.00. The maximum absolute atomic E-state index is 5.00. The quantitative estimate of drug-likeness (QED) is 0.305. The zero-order valence-corrected chi connectivity index (χ0v) is 15.9. The largest absolute Gasteiger partial charge is 0.383 e. The predicted molar refractivity (Wildman–Crippen MR) is 103 cm³/mol. The van der Waals surface area contributed by atoms with Gasteiger partial charge in [0.25, 0.3) is 0 Å². The Morgan fingerprint density at radius 2 is 2.00 bits per heavy atom. The van der Waals surface area contributed by atoms with Gasteiger partial charge < -0.3 is 15.4 Å². The van der Waals surface area contributed by atoms with Crippen LogP contribution in [0.5, 0.6) is 0 Å². The second-order valence-corrected chi connectivity index (χ2v) is 4.88. The minimum atomic E-state index is 0. The number of benzene rings is 1. The molecule has 6 nitrogen and oxygen atoms in total. The number of nitrogens with zero attached hydrogens (tertiary/aromatic N) is 3. The Kier molecular flexibility index (Phi) is 9.30. The van der Waals surface area contributed by atoms with E-state index in [1.165, 1.54) is 5.56 Å². The van der Waals surface area contributed by atoms with Crippen LogP contribution in [0.4, 0.5) is 0 Å². The third-order valence-corrected chi connectivity index (χ3v) is 3.16. The Bertz CT molecular complexity index is 585. The minimum absolute atomic E-state index is 0. The molecule has 0 fully saturated rings. The van der Waals surface area contributed by atoms with Gasteiger partial charge in [0.15, 0.2) is 5.96 Å². The molecular weight excluding hydrogens is 405 g/mol. The van der Waals surface area contributed by atoms with Crippen molar-refractivity contribution in [2.75, 3.05) is 27.3 Å². The lowest BCUT2D eigenvalue weighted by Gasteiger charge is -2.10. The monoisotopic (exact) mass is 429 g/mol. The van der Waals surface area contributed by atoms with Crippen molar-refractivity contribution in [1.82, 2.24) is 20.4 Å². The lowest BCUT2D eigenvalue weighted by atomic mass is 10.2. The number of methoxy groups -OCH3 is 1. The second-order valence-electron chi connectivity index (χ2n) is 4.88. The van der Waals surface area contributed by atoms with E-state index in [-0.39, 0.29) is 24.0 Å². The number of aliphatic imine (C=N–C) groups is 1. The molecule has 0 aliphatic carbocycles. The van der Waals surface area contributed by atoms with Crippen molar-refractivity contribution in [2.24, 2.45) is 4.99 Å². The van der Waals surface area contributed by atoms with E-state index in [4.69, 9.17) is 4.74 Å². The highest BCUT2D eigenvalue weighted by Crippen LogP contribution is 2.03. The van der Waals surface area contributed by atoms with Crippen LogP contribution in [0, 0.1) is 0 Å². The van der Waals surface area contributed by atoms with Gasteiger partial charge in [-0.3, -0.25) is 9.67 Å². The topological polar surface area (TPSA) is 63.5 Å². The van der Waals surface area contributed by atoms with Crippen LogP contribution in [0.1, 0.15) is 11.1 Å². The molecule has 1 aromatic carbocycles. The standard InChI is InChI=1S/C16H23N5O.HI/c1-17-16(18-8-9-22-2)19-10-15-11-20-21(13-15)12-14-6-4-3-5-7-14;/h3-7,11,13H,8-10,12H2,1-2H3,(H2,17,18,19);1H. The Labute approximate surface area is 154 Å². The molecule has 0 saturated carbocycles. The number of guanidine groups is 1. The minimum Gasteiger partial charge on any atom is -0.383 e. The number of ether oxygens (including phenoxy) is 1. The van der Waals surface area contributed by atoms with Gasteiger partial charge in [-0.05, 0) is 5.56 Å². The molecule has 2 N–H and O–H groups in total. The van der Waals surface area contributed by atoms with Crippen LogP contribution in [0.2, 0.25) is 0 Å². The zero-order valence-electron chi connectivity index (χ0n) is 13.5. The van der Waals surface area contributed by atoms with Crippen molar-refractivity contribution in [2.45, 2.75) is 13.1 Å². The van der Waals surface area contributed by atoms with E-state index < -0.39 is 0 Å². The molecule has 0 aliphatic rings. The molecule has 126 valence electrons. The van der Waals surface area contributed by atoms with Crippen molar-refractivity contribution in [3.63, 3.8) is 0 Å². The van der Waals surface area contributed by atoms with Crippen LogP contribution < -0.4 is 10.6 Å². The SMILES string of the molecule is CN=C(NCCOC)NCc1cnn(Cc2ccccc2)c1.I. The summed E-state index contributed by atoms with van der Waals surface area (Å²) in [5.74, 6) is 0.757. The van der Waals surface area contributed by atoms with E-state index in [2.05, 4.69) is 32.9 Å². The summed E-state index contributed by atoms with van der Waals surface area (Å²) in [5.41, 5.74) is 2.35. The van der Waals surface area contributed by atoms with Crippen molar-refractivity contribution in [3.8, 4) is 0 Å². The van der Waals surface area contributed by atoms with E-state index in [0.717, 1.165) is 24.6 Å². The van der Waals surface area contributed by atoms with Gasteiger partial charge in [-0.2, -0.15) is 5.10 Å². The molecule has 2 aromatic rings. The van der Waals surface area contributed by atoms with Gasteiger partial charge in [0, 0.05) is 39.0 Å². The average Bonchev–Trinajstić information content (AvgIpc) is 2.99. The molecule has 1 heterocycles. The summed E-state index contributed by atoms with van der Waals surface area (Å²) in [4.78, 5) is 4.16. The number of hydrogen-bond acceptors (Lipinski definition) is 3. The molecule has 0 spiro atoms. The molecule has 0 saturated heterocycles. The van der Waals surface area contributed by atoms with Crippen LogP contribution in [0.25, 0.3) is 0 Å². The fraction of sp³-hybridized carbons (Fsp3) is 0.375. The van der Waals surface area contributed by atoms with Crippen molar-refractivity contribution in [3.05, 3.63) is 53.9 Å². The first-order valence-electron chi connectivity index (χ1n) is 7.30. The fourth-order valence-corrected chi connectivity index (χ4v) is 2.03. The number of halogens is 1. The molecule has 0 aliphatic heterocycles. The zero-order chi connectivity index (χ0) is 15.6. The van der Waals surface area contributed by atoms with E-state index in [1.807, 2.05) is 35.3 Å². The van der Waals surface area contributed by atoms with Crippen LogP contribution in [0.3, 0.4) is 0 Å². The summed E-state index contributed by atoms with van der Waals surface area (Å²) in [6.07, 6.45) is 3.92. The molecule has 0 unspecified atom stereocenters. The first kappa shape index (κ1) is 19.4.